The van der Waals surface area contributed by atoms with Crippen molar-refractivity contribution in [2.45, 2.75) is 16.7 Å². The van der Waals surface area contributed by atoms with Crippen molar-refractivity contribution in [3.8, 4) is 0 Å². The first kappa shape index (κ1) is 21.9. The number of sulfonamides is 1. The number of amides is 1. The molecule has 0 unspecified atom stereocenters. The summed E-state index contributed by atoms with van der Waals surface area (Å²) < 4.78 is 28.4. The molecule has 4 rings (SSSR count). The summed E-state index contributed by atoms with van der Waals surface area (Å²) in [6.45, 7) is 2.02. The van der Waals surface area contributed by atoms with Crippen LogP contribution in [0.25, 0.3) is 10.8 Å². The standard InChI is InChI=1S/C25H22N2O3S2/c1-18-9-13-21(14-10-18)31-17-25(28)26-20-11-15-22(16-12-20)32(29,30)27-24-8-4-6-19-5-2-3-7-23(19)24/h2-16,27H,17H2,1H3,(H,26,28). The van der Waals surface area contributed by atoms with E-state index in [1.54, 1.807) is 18.2 Å². The molecule has 2 N–H and O–H groups in total. The number of benzene rings is 4. The zero-order valence-electron chi connectivity index (χ0n) is 17.4. The minimum absolute atomic E-state index is 0.123. The van der Waals surface area contributed by atoms with Crippen LogP contribution in [0.2, 0.25) is 0 Å². The van der Waals surface area contributed by atoms with Crippen LogP contribution in [-0.4, -0.2) is 20.1 Å². The van der Waals surface area contributed by atoms with E-state index in [0.717, 1.165) is 15.7 Å². The lowest BCUT2D eigenvalue weighted by Gasteiger charge is -2.11. The Hall–Kier alpha value is -3.29. The largest absolute Gasteiger partial charge is 0.325 e. The number of nitrogens with one attached hydrogen (secondary N) is 2. The lowest BCUT2D eigenvalue weighted by atomic mass is 10.1. The monoisotopic (exact) mass is 462 g/mol. The van der Waals surface area contributed by atoms with Crippen molar-refractivity contribution in [1.29, 1.82) is 0 Å². The van der Waals surface area contributed by atoms with Gasteiger partial charge in [0.25, 0.3) is 10.0 Å². The molecule has 1 amide bonds. The lowest BCUT2D eigenvalue weighted by molar-refractivity contribution is -0.113. The van der Waals surface area contributed by atoms with Gasteiger partial charge < -0.3 is 5.32 Å². The van der Waals surface area contributed by atoms with E-state index in [-0.39, 0.29) is 16.6 Å². The number of rotatable bonds is 7. The van der Waals surface area contributed by atoms with Crippen molar-refractivity contribution in [2.75, 3.05) is 15.8 Å². The fourth-order valence-corrected chi connectivity index (χ4v) is 4.99. The zero-order chi connectivity index (χ0) is 22.6. The SMILES string of the molecule is Cc1ccc(SCC(=O)Nc2ccc(S(=O)(=O)Nc3cccc4ccccc34)cc2)cc1. The first-order valence-electron chi connectivity index (χ1n) is 10.0. The summed E-state index contributed by atoms with van der Waals surface area (Å²) >= 11 is 1.45. The molecule has 0 aromatic heterocycles. The summed E-state index contributed by atoms with van der Waals surface area (Å²) in [6.07, 6.45) is 0. The van der Waals surface area contributed by atoms with E-state index < -0.39 is 10.0 Å². The number of fused-ring (bicyclic) bond motifs is 1. The summed E-state index contributed by atoms with van der Waals surface area (Å²) in [5.74, 6) is 0.117. The van der Waals surface area contributed by atoms with Gasteiger partial charge in [0, 0.05) is 16.0 Å². The molecule has 0 radical (unpaired) electrons. The Bertz CT molecular complexity index is 1350. The third-order valence-corrected chi connectivity index (χ3v) is 7.27. The smallest absolute Gasteiger partial charge is 0.261 e. The number of carbonyl (C=O) groups is 1. The van der Waals surface area contributed by atoms with Gasteiger partial charge in [0.2, 0.25) is 5.91 Å². The topological polar surface area (TPSA) is 75.3 Å². The first-order chi connectivity index (χ1) is 15.4. The molecule has 0 heterocycles. The maximum absolute atomic E-state index is 12.9. The van der Waals surface area contributed by atoms with Crippen LogP contribution >= 0.6 is 11.8 Å². The number of hydrogen-bond donors (Lipinski definition) is 2. The van der Waals surface area contributed by atoms with Crippen LogP contribution in [0.4, 0.5) is 11.4 Å². The van der Waals surface area contributed by atoms with Gasteiger partial charge in [-0.3, -0.25) is 9.52 Å². The molecule has 32 heavy (non-hydrogen) atoms. The molecular weight excluding hydrogens is 440 g/mol. The molecule has 0 spiro atoms. The molecule has 0 fully saturated rings. The van der Waals surface area contributed by atoms with Gasteiger partial charge >= 0.3 is 0 Å². The molecule has 0 saturated carbocycles. The van der Waals surface area contributed by atoms with Gasteiger partial charge in [-0.05, 0) is 54.8 Å². The molecule has 0 atom stereocenters. The molecule has 4 aromatic rings. The van der Waals surface area contributed by atoms with Crippen molar-refractivity contribution in [2.24, 2.45) is 0 Å². The van der Waals surface area contributed by atoms with Gasteiger partial charge in [-0.1, -0.05) is 54.1 Å². The van der Waals surface area contributed by atoms with E-state index in [0.29, 0.717) is 11.4 Å². The van der Waals surface area contributed by atoms with Crippen LogP contribution < -0.4 is 10.0 Å². The lowest BCUT2D eigenvalue weighted by Crippen LogP contribution is -2.15. The second kappa shape index (κ2) is 9.46. The maximum Gasteiger partial charge on any atom is 0.261 e. The van der Waals surface area contributed by atoms with Crippen LogP contribution in [0, 0.1) is 6.92 Å². The summed E-state index contributed by atoms with van der Waals surface area (Å²) in [7, 11) is -3.77. The predicted molar refractivity (Wildman–Crippen MR) is 132 cm³/mol. The molecule has 0 aliphatic carbocycles. The molecule has 0 aliphatic heterocycles. The number of aryl methyl sites for hydroxylation is 1. The second-order valence-electron chi connectivity index (χ2n) is 7.31. The minimum atomic E-state index is -3.77. The predicted octanol–water partition coefficient (Wildman–Crippen LogP) is 5.68. The fraction of sp³-hybridized carbons (Fsp3) is 0.0800. The third-order valence-electron chi connectivity index (χ3n) is 4.87. The Morgan fingerprint density at radius 2 is 1.53 bits per heavy atom. The number of hydrogen-bond acceptors (Lipinski definition) is 4. The minimum Gasteiger partial charge on any atom is -0.325 e. The van der Waals surface area contributed by atoms with E-state index >= 15 is 0 Å². The fourth-order valence-electron chi connectivity index (χ4n) is 3.22. The molecule has 162 valence electrons. The molecule has 0 bridgehead atoms. The number of anilines is 2. The van der Waals surface area contributed by atoms with Gasteiger partial charge in [-0.2, -0.15) is 0 Å². The Balaban J connectivity index is 1.41. The first-order valence-corrected chi connectivity index (χ1v) is 12.5. The van der Waals surface area contributed by atoms with Crippen molar-refractivity contribution in [1.82, 2.24) is 0 Å². The highest BCUT2D eigenvalue weighted by Gasteiger charge is 2.16. The van der Waals surface area contributed by atoms with Crippen LogP contribution in [0.5, 0.6) is 0 Å². The van der Waals surface area contributed by atoms with Gasteiger partial charge in [0.05, 0.1) is 16.3 Å². The Morgan fingerprint density at radius 1 is 0.844 bits per heavy atom. The molecule has 7 heteroatoms. The Morgan fingerprint density at radius 3 is 2.28 bits per heavy atom. The maximum atomic E-state index is 12.9. The van der Waals surface area contributed by atoms with E-state index in [1.165, 1.54) is 29.5 Å². The highest BCUT2D eigenvalue weighted by Crippen LogP contribution is 2.26. The molecule has 0 saturated heterocycles. The van der Waals surface area contributed by atoms with Crippen LogP contribution in [-0.2, 0) is 14.8 Å². The zero-order valence-corrected chi connectivity index (χ0v) is 19.0. The summed E-state index contributed by atoms with van der Waals surface area (Å²) in [4.78, 5) is 13.4. The average molecular weight is 463 g/mol. The number of thioether (sulfide) groups is 1. The van der Waals surface area contributed by atoms with Crippen molar-refractivity contribution in [3.05, 3.63) is 96.6 Å². The quantitative estimate of drug-likeness (QED) is 0.347. The highest BCUT2D eigenvalue weighted by molar-refractivity contribution is 8.00. The molecule has 4 aromatic carbocycles. The highest BCUT2D eigenvalue weighted by atomic mass is 32.2. The Kier molecular flexibility index (Phi) is 6.48. The third kappa shape index (κ3) is 5.30. The van der Waals surface area contributed by atoms with Crippen LogP contribution in [0.15, 0.2) is 101 Å². The Labute approximate surface area is 191 Å². The van der Waals surface area contributed by atoms with Crippen LogP contribution in [0.3, 0.4) is 0 Å². The van der Waals surface area contributed by atoms with E-state index in [2.05, 4.69) is 10.0 Å². The molecular formula is C25H22N2O3S2. The molecule has 0 aliphatic rings. The van der Waals surface area contributed by atoms with Crippen molar-refractivity contribution < 1.29 is 13.2 Å². The van der Waals surface area contributed by atoms with E-state index in [9.17, 15) is 13.2 Å². The normalized spacial score (nSPS) is 11.3. The van der Waals surface area contributed by atoms with Crippen molar-refractivity contribution in [3.63, 3.8) is 0 Å². The average Bonchev–Trinajstić information content (AvgIpc) is 2.79. The van der Waals surface area contributed by atoms with Gasteiger partial charge in [-0.15, -0.1) is 11.8 Å². The number of carbonyl (C=O) groups excluding carboxylic acids is 1. The van der Waals surface area contributed by atoms with E-state index in [4.69, 9.17) is 0 Å². The van der Waals surface area contributed by atoms with Crippen LogP contribution in [0.1, 0.15) is 5.56 Å². The van der Waals surface area contributed by atoms with Crippen molar-refractivity contribution >= 4 is 49.8 Å². The summed E-state index contributed by atoms with van der Waals surface area (Å²) in [5, 5.41) is 4.58. The summed E-state index contributed by atoms with van der Waals surface area (Å²) in [6, 6.07) is 27.2. The van der Waals surface area contributed by atoms with E-state index in [1.807, 2.05) is 67.6 Å². The summed E-state index contributed by atoms with van der Waals surface area (Å²) in [5.41, 5.74) is 2.24. The second-order valence-corrected chi connectivity index (χ2v) is 10.0. The van der Waals surface area contributed by atoms with Gasteiger partial charge in [0.15, 0.2) is 0 Å². The van der Waals surface area contributed by atoms with Gasteiger partial charge in [0.1, 0.15) is 0 Å². The van der Waals surface area contributed by atoms with Gasteiger partial charge in [-0.25, -0.2) is 8.42 Å². The molecule has 5 nitrogen and oxygen atoms in total.